The largest absolute Gasteiger partial charge is 0.0737 e. The van der Waals surface area contributed by atoms with Crippen LogP contribution in [0.4, 0.5) is 0 Å². The van der Waals surface area contributed by atoms with Gasteiger partial charge in [-0.1, -0.05) is 151 Å². The third-order valence-corrected chi connectivity index (χ3v) is 10.3. The molecule has 2 aliphatic carbocycles. The Hall–Kier alpha value is -5.46. The van der Waals surface area contributed by atoms with Crippen LogP contribution in [0.3, 0.4) is 0 Å². The van der Waals surface area contributed by atoms with Gasteiger partial charge in [0, 0.05) is 0 Å². The van der Waals surface area contributed by atoms with Gasteiger partial charge in [0.25, 0.3) is 0 Å². The topological polar surface area (TPSA) is 0 Å². The third kappa shape index (κ3) is 2.84. The van der Waals surface area contributed by atoms with E-state index < -0.39 is 5.41 Å². The van der Waals surface area contributed by atoms with E-state index in [4.69, 9.17) is 0 Å². The van der Waals surface area contributed by atoms with Gasteiger partial charge in [0.1, 0.15) is 0 Å². The van der Waals surface area contributed by atoms with Crippen LogP contribution in [0.2, 0.25) is 0 Å². The summed E-state index contributed by atoms with van der Waals surface area (Å²) in [5, 5.41) is 7.93. The molecule has 0 radical (unpaired) electrons. The molecule has 0 atom stereocenters. The highest BCUT2D eigenvalue weighted by atomic mass is 14.5. The van der Waals surface area contributed by atoms with Gasteiger partial charge in [-0.05, 0) is 101 Å². The number of aryl methyl sites for hydroxylation is 1. The molecule has 0 aliphatic heterocycles. The predicted molar refractivity (Wildman–Crippen MR) is 185 cm³/mol. The van der Waals surface area contributed by atoms with Crippen molar-refractivity contribution < 1.29 is 0 Å². The Kier molecular flexibility index (Phi) is 4.67. The van der Waals surface area contributed by atoms with E-state index in [0.29, 0.717) is 0 Å². The zero-order valence-corrected chi connectivity index (χ0v) is 24.4. The lowest BCUT2D eigenvalue weighted by molar-refractivity contribution is 0.809. The second kappa shape index (κ2) is 8.56. The van der Waals surface area contributed by atoms with Crippen LogP contribution in [0.5, 0.6) is 0 Å². The van der Waals surface area contributed by atoms with Gasteiger partial charge >= 0.3 is 0 Å². The molecule has 44 heavy (non-hydrogen) atoms. The molecule has 0 bridgehead atoms. The van der Waals surface area contributed by atoms with Gasteiger partial charge in [0.15, 0.2) is 0 Å². The number of fused-ring (bicyclic) bond motifs is 17. The highest BCUT2D eigenvalue weighted by Gasteiger charge is 2.53. The SMILES string of the molecule is Cc1cccc(-c2cc3c(c4ccccc24)C2(c4ccccc4-c4ccccc42)c2c-3c3ccccc3c3ccccc23)c1. The number of hydrogen-bond acceptors (Lipinski definition) is 0. The molecule has 10 rings (SSSR count). The normalized spacial score (nSPS) is 13.8. The summed E-state index contributed by atoms with van der Waals surface area (Å²) in [4.78, 5) is 0. The van der Waals surface area contributed by atoms with Crippen molar-refractivity contribution in [2.24, 2.45) is 0 Å². The van der Waals surface area contributed by atoms with Gasteiger partial charge in [-0.15, -0.1) is 0 Å². The average molecular weight is 557 g/mol. The van der Waals surface area contributed by atoms with Crippen molar-refractivity contribution >= 4 is 32.3 Å². The van der Waals surface area contributed by atoms with E-state index in [9.17, 15) is 0 Å². The summed E-state index contributed by atoms with van der Waals surface area (Å²) < 4.78 is 0. The fraction of sp³-hybridized carbons (Fsp3) is 0.0455. The summed E-state index contributed by atoms with van der Waals surface area (Å²) >= 11 is 0. The maximum Gasteiger partial charge on any atom is 0.0737 e. The molecule has 0 amide bonds. The first kappa shape index (κ1) is 24.0. The molecular weight excluding hydrogens is 528 g/mol. The Bertz CT molecular complexity index is 2470. The lowest BCUT2D eigenvalue weighted by Gasteiger charge is -2.33. The van der Waals surface area contributed by atoms with Gasteiger partial charge in [0.2, 0.25) is 0 Å². The number of benzene rings is 8. The molecule has 0 nitrogen and oxygen atoms in total. The average Bonchev–Trinajstić information content (AvgIpc) is 3.56. The molecule has 0 saturated heterocycles. The van der Waals surface area contributed by atoms with E-state index in [2.05, 4.69) is 159 Å². The third-order valence-electron chi connectivity index (χ3n) is 10.3. The fourth-order valence-corrected chi connectivity index (χ4v) is 8.74. The fourth-order valence-electron chi connectivity index (χ4n) is 8.74. The minimum absolute atomic E-state index is 0.438. The molecule has 2 aliphatic rings. The maximum absolute atomic E-state index is 2.52. The lowest BCUT2D eigenvalue weighted by Crippen LogP contribution is -2.26. The molecule has 0 heteroatoms. The van der Waals surface area contributed by atoms with Crippen LogP contribution in [0.25, 0.3) is 65.7 Å². The van der Waals surface area contributed by atoms with Crippen molar-refractivity contribution in [3.05, 3.63) is 179 Å². The predicted octanol–water partition coefficient (Wildman–Crippen LogP) is 11.5. The molecule has 0 unspecified atom stereocenters. The van der Waals surface area contributed by atoms with E-state index in [1.165, 1.54) is 93.5 Å². The van der Waals surface area contributed by atoms with Crippen molar-refractivity contribution in [1.29, 1.82) is 0 Å². The zero-order chi connectivity index (χ0) is 29.0. The summed E-state index contributed by atoms with van der Waals surface area (Å²) in [5.41, 5.74) is 14.4. The molecule has 0 N–H and O–H groups in total. The molecular formula is C44H28. The molecule has 0 heterocycles. The van der Waals surface area contributed by atoms with E-state index >= 15 is 0 Å². The van der Waals surface area contributed by atoms with Crippen LogP contribution >= 0.6 is 0 Å². The summed E-state index contributed by atoms with van der Waals surface area (Å²) in [6, 6.07) is 57.1. The van der Waals surface area contributed by atoms with E-state index in [1.54, 1.807) is 0 Å². The zero-order valence-electron chi connectivity index (χ0n) is 24.4. The molecule has 0 fully saturated rings. The lowest BCUT2D eigenvalue weighted by atomic mass is 9.68. The van der Waals surface area contributed by atoms with Crippen molar-refractivity contribution in [2.75, 3.05) is 0 Å². The standard InChI is InChI=1S/C44H28/c1-27-13-12-14-28(25-27)37-26-38-41-34-20-5-2-15-29(34)30-16-3-7-22-36(30)43(41)44(42(38)35-21-6-4-17-31(35)37)39-23-10-8-18-32(39)33-19-9-11-24-40(33)44/h2-26H,1H3. The smallest absolute Gasteiger partial charge is 0.0619 e. The van der Waals surface area contributed by atoms with E-state index in [-0.39, 0.29) is 0 Å². The molecule has 8 aromatic carbocycles. The van der Waals surface area contributed by atoms with E-state index in [0.717, 1.165) is 0 Å². The van der Waals surface area contributed by atoms with Gasteiger partial charge in [-0.2, -0.15) is 0 Å². The van der Waals surface area contributed by atoms with Crippen molar-refractivity contribution in [2.45, 2.75) is 12.3 Å². The Morgan fingerprint density at radius 3 is 1.55 bits per heavy atom. The highest BCUT2D eigenvalue weighted by Crippen LogP contribution is 2.67. The quantitative estimate of drug-likeness (QED) is 0.176. The summed E-state index contributed by atoms with van der Waals surface area (Å²) in [7, 11) is 0. The summed E-state index contributed by atoms with van der Waals surface area (Å²) in [6.45, 7) is 2.19. The Morgan fingerprint density at radius 1 is 0.364 bits per heavy atom. The van der Waals surface area contributed by atoms with Crippen LogP contribution in [0.15, 0.2) is 152 Å². The van der Waals surface area contributed by atoms with Crippen LogP contribution < -0.4 is 0 Å². The van der Waals surface area contributed by atoms with Gasteiger partial charge in [-0.3, -0.25) is 0 Å². The second-order valence-corrected chi connectivity index (χ2v) is 12.4. The van der Waals surface area contributed by atoms with E-state index in [1.807, 2.05) is 0 Å². The van der Waals surface area contributed by atoms with Gasteiger partial charge in [-0.25, -0.2) is 0 Å². The van der Waals surface area contributed by atoms with Gasteiger partial charge in [0.05, 0.1) is 5.41 Å². The van der Waals surface area contributed by atoms with Gasteiger partial charge < -0.3 is 0 Å². The molecule has 8 aromatic rings. The van der Waals surface area contributed by atoms with Crippen LogP contribution in [0.1, 0.15) is 27.8 Å². The monoisotopic (exact) mass is 556 g/mol. The first-order chi connectivity index (χ1) is 21.8. The van der Waals surface area contributed by atoms with Crippen molar-refractivity contribution in [3.63, 3.8) is 0 Å². The first-order valence-electron chi connectivity index (χ1n) is 15.5. The minimum Gasteiger partial charge on any atom is -0.0619 e. The molecule has 0 saturated carbocycles. The van der Waals surface area contributed by atoms with Crippen LogP contribution in [0, 0.1) is 6.92 Å². The van der Waals surface area contributed by atoms with Crippen molar-refractivity contribution in [1.82, 2.24) is 0 Å². The summed E-state index contributed by atoms with van der Waals surface area (Å²) in [5.74, 6) is 0. The minimum atomic E-state index is -0.438. The highest BCUT2D eigenvalue weighted by molar-refractivity contribution is 6.22. The molecule has 204 valence electrons. The Labute approximate surface area is 256 Å². The molecule has 0 aromatic heterocycles. The Balaban J connectivity index is 1.52. The Morgan fingerprint density at radius 2 is 0.886 bits per heavy atom. The maximum atomic E-state index is 2.52. The number of hydrogen-bond donors (Lipinski definition) is 0. The second-order valence-electron chi connectivity index (χ2n) is 12.4. The number of rotatable bonds is 1. The summed E-state index contributed by atoms with van der Waals surface area (Å²) in [6.07, 6.45) is 0. The molecule has 1 spiro atoms. The van der Waals surface area contributed by atoms with Crippen LogP contribution in [-0.2, 0) is 5.41 Å². The van der Waals surface area contributed by atoms with Crippen molar-refractivity contribution in [3.8, 4) is 33.4 Å². The van der Waals surface area contributed by atoms with Crippen LogP contribution in [-0.4, -0.2) is 0 Å². The first-order valence-corrected chi connectivity index (χ1v) is 15.5.